The Hall–Kier alpha value is -2.86. The smallest absolute Gasteiger partial charge is 0.387 e. The number of thioether (sulfide) groups is 1. The maximum atomic E-state index is 13.0. The van der Waals surface area contributed by atoms with Crippen LogP contribution in [0.5, 0.6) is 5.75 Å². The van der Waals surface area contributed by atoms with E-state index < -0.39 is 6.61 Å². The lowest BCUT2D eigenvalue weighted by Crippen LogP contribution is -2.18. The van der Waals surface area contributed by atoms with Crippen LogP contribution in [0.25, 0.3) is 0 Å². The van der Waals surface area contributed by atoms with Crippen LogP contribution in [0.3, 0.4) is 0 Å². The van der Waals surface area contributed by atoms with Gasteiger partial charge >= 0.3 is 6.61 Å². The normalized spacial score (nSPS) is 16.1. The van der Waals surface area contributed by atoms with Gasteiger partial charge in [-0.25, -0.2) is 0 Å². The molecular weight excluding hydrogens is 402 g/mol. The average molecular weight is 425 g/mol. The van der Waals surface area contributed by atoms with Gasteiger partial charge in [-0.1, -0.05) is 89.6 Å². The minimum absolute atomic E-state index is 0.180. The van der Waals surface area contributed by atoms with Gasteiger partial charge in [-0.05, 0) is 25.5 Å². The zero-order valence-corrected chi connectivity index (χ0v) is 17.6. The van der Waals surface area contributed by atoms with Gasteiger partial charge in [0.05, 0.1) is 6.54 Å². The molecule has 0 radical (unpaired) electrons. The van der Waals surface area contributed by atoms with E-state index in [0.717, 1.165) is 16.2 Å². The van der Waals surface area contributed by atoms with Gasteiger partial charge in [0.2, 0.25) is 0 Å². The molecule has 6 heteroatoms. The summed E-state index contributed by atoms with van der Waals surface area (Å²) in [6, 6.07) is 23.4. The van der Waals surface area contributed by atoms with Crippen LogP contribution >= 0.6 is 11.8 Å². The average Bonchev–Trinajstić information content (AvgIpc) is 3.14. The van der Waals surface area contributed by atoms with Gasteiger partial charge in [0.25, 0.3) is 0 Å². The first-order valence-corrected chi connectivity index (χ1v) is 10.6. The molecule has 0 saturated carbocycles. The molecule has 0 saturated heterocycles. The van der Waals surface area contributed by atoms with E-state index in [1.165, 1.54) is 11.1 Å². The van der Waals surface area contributed by atoms with Crippen LogP contribution in [-0.2, 0) is 6.54 Å². The van der Waals surface area contributed by atoms with Crippen molar-refractivity contribution in [3.63, 3.8) is 0 Å². The van der Waals surface area contributed by atoms with E-state index in [4.69, 9.17) is 9.84 Å². The monoisotopic (exact) mass is 424 g/mol. The Balaban J connectivity index is 1.69. The van der Waals surface area contributed by atoms with E-state index >= 15 is 0 Å². The van der Waals surface area contributed by atoms with Gasteiger partial charge < -0.3 is 4.74 Å². The molecule has 0 aliphatic carbocycles. The third-order valence-electron chi connectivity index (χ3n) is 4.88. The lowest BCUT2D eigenvalue weighted by atomic mass is 10.1. The molecule has 0 N–H and O–H groups in total. The molecule has 1 aliphatic rings. The molecule has 0 amide bonds. The fourth-order valence-electron chi connectivity index (χ4n) is 3.29. The number of hydrazone groups is 1. The molecule has 1 aliphatic heterocycles. The van der Waals surface area contributed by atoms with Gasteiger partial charge in [-0.15, -0.1) is 0 Å². The third-order valence-corrected chi connectivity index (χ3v) is 6.14. The molecule has 4 rings (SSSR count). The highest BCUT2D eigenvalue weighted by molar-refractivity contribution is 8.14. The summed E-state index contributed by atoms with van der Waals surface area (Å²) >= 11 is 1.55. The number of hydrogen-bond donors (Lipinski definition) is 0. The molecule has 154 valence electrons. The molecule has 0 aromatic heterocycles. The number of ether oxygens (including phenoxy) is 1. The van der Waals surface area contributed by atoms with Crippen molar-refractivity contribution < 1.29 is 13.5 Å². The van der Waals surface area contributed by atoms with Gasteiger partial charge in [0, 0.05) is 11.1 Å². The van der Waals surface area contributed by atoms with E-state index in [9.17, 15) is 8.78 Å². The highest BCUT2D eigenvalue weighted by atomic mass is 32.2. The molecule has 3 aromatic carbocycles. The minimum Gasteiger partial charge on any atom is -0.434 e. The van der Waals surface area contributed by atoms with Gasteiger partial charge in [-0.2, -0.15) is 13.9 Å². The SMILES string of the molecule is Cc1ccc(CN2N=C(c3ccc(C)cc3)SC2c2ccccc2OC(F)F)cc1. The zero-order chi connectivity index (χ0) is 21.1. The Kier molecular flexibility index (Phi) is 6.04. The number of alkyl halides is 2. The Morgan fingerprint density at radius 3 is 2.23 bits per heavy atom. The highest BCUT2D eigenvalue weighted by Gasteiger charge is 2.32. The van der Waals surface area contributed by atoms with Crippen molar-refractivity contribution in [1.29, 1.82) is 0 Å². The van der Waals surface area contributed by atoms with Crippen molar-refractivity contribution >= 4 is 16.8 Å². The van der Waals surface area contributed by atoms with Crippen LogP contribution in [0, 0.1) is 13.8 Å². The van der Waals surface area contributed by atoms with Crippen LogP contribution in [0.1, 0.15) is 33.2 Å². The van der Waals surface area contributed by atoms with Crippen molar-refractivity contribution in [3.05, 3.63) is 101 Å². The van der Waals surface area contributed by atoms with E-state index in [1.807, 2.05) is 55.3 Å². The Labute approximate surface area is 179 Å². The van der Waals surface area contributed by atoms with Crippen LogP contribution < -0.4 is 4.74 Å². The molecule has 3 aromatic rings. The first kappa shape index (κ1) is 20.4. The molecule has 0 spiro atoms. The summed E-state index contributed by atoms with van der Waals surface area (Å²) in [5.74, 6) is 0.180. The molecule has 1 atom stereocenters. The lowest BCUT2D eigenvalue weighted by molar-refractivity contribution is -0.0508. The molecule has 3 nitrogen and oxygen atoms in total. The number of rotatable bonds is 6. The fourth-order valence-corrected chi connectivity index (χ4v) is 4.49. The number of nitrogens with zero attached hydrogens (tertiary/aromatic N) is 2. The molecule has 0 fully saturated rings. The number of aryl methyl sites for hydroxylation is 2. The van der Waals surface area contributed by atoms with Crippen LogP contribution in [0.2, 0.25) is 0 Å². The number of para-hydroxylation sites is 1. The van der Waals surface area contributed by atoms with Crippen molar-refractivity contribution in [2.75, 3.05) is 0 Å². The van der Waals surface area contributed by atoms with E-state index in [-0.39, 0.29) is 11.1 Å². The summed E-state index contributed by atoms with van der Waals surface area (Å²) in [7, 11) is 0. The molecule has 30 heavy (non-hydrogen) atoms. The van der Waals surface area contributed by atoms with Crippen LogP contribution in [0.15, 0.2) is 77.9 Å². The van der Waals surface area contributed by atoms with E-state index in [0.29, 0.717) is 12.1 Å². The summed E-state index contributed by atoms with van der Waals surface area (Å²) in [6.45, 7) is 1.78. The first-order chi connectivity index (χ1) is 14.5. The molecular formula is C24H22F2N2OS. The van der Waals surface area contributed by atoms with Gasteiger partial charge in [0.15, 0.2) is 0 Å². The molecule has 1 unspecified atom stereocenters. The van der Waals surface area contributed by atoms with Crippen molar-refractivity contribution in [1.82, 2.24) is 5.01 Å². The number of hydrogen-bond acceptors (Lipinski definition) is 4. The predicted octanol–water partition coefficient (Wildman–Crippen LogP) is 6.51. The summed E-state index contributed by atoms with van der Waals surface area (Å²) in [4.78, 5) is 0. The van der Waals surface area contributed by atoms with Crippen molar-refractivity contribution in [2.45, 2.75) is 32.4 Å². The van der Waals surface area contributed by atoms with Crippen LogP contribution in [-0.4, -0.2) is 16.7 Å². The topological polar surface area (TPSA) is 24.8 Å². The quantitative estimate of drug-likeness (QED) is 0.451. The summed E-state index contributed by atoms with van der Waals surface area (Å²) in [5.41, 5.74) is 5.15. The Morgan fingerprint density at radius 1 is 0.933 bits per heavy atom. The highest BCUT2D eigenvalue weighted by Crippen LogP contribution is 2.45. The largest absolute Gasteiger partial charge is 0.434 e. The van der Waals surface area contributed by atoms with E-state index in [2.05, 4.69) is 24.3 Å². The van der Waals surface area contributed by atoms with Crippen molar-refractivity contribution in [2.24, 2.45) is 5.10 Å². The molecule has 0 bridgehead atoms. The van der Waals surface area contributed by atoms with Gasteiger partial charge in [0.1, 0.15) is 16.2 Å². The summed E-state index contributed by atoms with van der Waals surface area (Å²) < 4.78 is 30.8. The van der Waals surface area contributed by atoms with Crippen molar-refractivity contribution in [3.8, 4) is 5.75 Å². The third kappa shape index (κ3) is 4.65. The first-order valence-electron chi connectivity index (χ1n) is 9.68. The second-order valence-corrected chi connectivity index (χ2v) is 8.31. The second-order valence-electron chi connectivity index (χ2n) is 7.24. The maximum absolute atomic E-state index is 13.0. The zero-order valence-electron chi connectivity index (χ0n) is 16.8. The number of halogens is 2. The molecule has 1 heterocycles. The van der Waals surface area contributed by atoms with Crippen LogP contribution in [0.4, 0.5) is 8.78 Å². The Morgan fingerprint density at radius 2 is 1.57 bits per heavy atom. The van der Waals surface area contributed by atoms with Gasteiger partial charge in [-0.3, -0.25) is 5.01 Å². The summed E-state index contributed by atoms with van der Waals surface area (Å²) in [6.07, 6.45) is 0. The Bertz CT molecular complexity index is 1040. The van der Waals surface area contributed by atoms with E-state index in [1.54, 1.807) is 23.9 Å². The maximum Gasteiger partial charge on any atom is 0.387 e. The predicted molar refractivity (Wildman–Crippen MR) is 118 cm³/mol. The number of benzene rings is 3. The second kappa shape index (κ2) is 8.88. The lowest BCUT2D eigenvalue weighted by Gasteiger charge is -2.24. The summed E-state index contributed by atoms with van der Waals surface area (Å²) in [5, 5.41) is 7.39. The fraction of sp³-hybridized carbons (Fsp3) is 0.208. The minimum atomic E-state index is -2.87. The standard InChI is InChI=1S/C24H22F2N2OS/c1-16-7-11-18(12-8-16)15-28-23(20-5-3-4-6-21(20)29-24(25)26)30-22(27-28)19-13-9-17(2)10-14-19/h3-14,23-24H,15H2,1-2H3.